The number of carbonyl (C=O) groups is 1. The summed E-state index contributed by atoms with van der Waals surface area (Å²) in [5, 5.41) is 20.2. The van der Waals surface area contributed by atoms with Crippen LogP contribution < -0.4 is 9.47 Å². The molecular weight excluding hydrogens is 468 g/mol. The number of aromatic nitrogens is 3. The molecule has 0 saturated heterocycles. The fourth-order valence-corrected chi connectivity index (χ4v) is 4.31. The number of carbonyl (C=O) groups excluding carboxylic acids is 1. The molecule has 0 atom stereocenters. The highest BCUT2D eigenvalue weighted by atomic mass is 32.2. The van der Waals surface area contributed by atoms with Gasteiger partial charge in [-0.15, -0.1) is 10.2 Å². The van der Waals surface area contributed by atoms with Crippen LogP contribution >= 0.6 is 11.8 Å². The number of nitro benzene ring substituents is 1. The topological polar surface area (TPSA) is 109 Å². The molecule has 1 aromatic heterocycles. The second-order valence-electron chi connectivity index (χ2n) is 7.46. The number of hydrogen-bond acceptors (Lipinski definition) is 8. The summed E-state index contributed by atoms with van der Waals surface area (Å²) >= 11 is 1.26. The third kappa shape index (κ3) is 5.49. The maximum absolute atomic E-state index is 12.7. The Kier molecular flexibility index (Phi) is 7.41. The minimum atomic E-state index is -0.495. The van der Waals surface area contributed by atoms with E-state index in [-0.39, 0.29) is 17.2 Å². The largest absolute Gasteiger partial charge is 0.493 e. The van der Waals surface area contributed by atoms with Gasteiger partial charge in [-0.1, -0.05) is 42.1 Å². The van der Waals surface area contributed by atoms with Crippen LogP contribution in [0.25, 0.3) is 11.4 Å². The van der Waals surface area contributed by atoms with Crippen LogP contribution in [0.15, 0.2) is 78.0 Å². The number of methoxy groups -OCH3 is 2. The highest BCUT2D eigenvalue weighted by molar-refractivity contribution is 7.99. The van der Waals surface area contributed by atoms with E-state index < -0.39 is 4.92 Å². The molecule has 0 saturated carbocycles. The molecule has 0 fully saturated rings. The van der Waals surface area contributed by atoms with Gasteiger partial charge in [0.15, 0.2) is 28.3 Å². The van der Waals surface area contributed by atoms with Gasteiger partial charge in [-0.05, 0) is 35.9 Å². The quantitative estimate of drug-likeness (QED) is 0.134. The van der Waals surface area contributed by atoms with Crippen LogP contribution in [0.3, 0.4) is 0 Å². The molecule has 0 aliphatic heterocycles. The van der Waals surface area contributed by atoms with Crippen LogP contribution in [0.2, 0.25) is 0 Å². The third-order valence-electron chi connectivity index (χ3n) is 5.27. The second kappa shape index (κ2) is 10.8. The smallest absolute Gasteiger partial charge is 0.269 e. The van der Waals surface area contributed by atoms with E-state index in [4.69, 9.17) is 9.47 Å². The summed E-state index contributed by atoms with van der Waals surface area (Å²) in [6.07, 6.45) is 0. The van der Waals surface area contributed by atoms with Crippen molar-refractivity contribution in [3.63, 3.8) is 0 Å². The van der Waals surface area contributed by atoms with E-state index in [0.29, 0.717) is 34.6 Å². The molecule has 4 aromatic rings. The van der Waals surface area contributed by atoms with E-state index in [9.17, 15) is 14.9 Å². The summed E-state index contributed by atoms with van der Waals surface area (Å²) in [6.45, 7) is 0.506. The van der Waals surface area contributed by atoms with Gasteiger partial charge in [-0.2, -0.15) is 0 Å². The molecule has 0 spiro atoms. The molecule has 0 bridgehead atoms. The molecule has 0 amide bonds. The Balaban J connectivity index is 1.62. The zero-order chi connectivity index (χ0) is 24.8. The SMILES string of the molecule is COc1ccc(-c2nnc(SCC(=O)c3ccc([N+](=O)[O-])cc3)n2Cc2ccccc2)cc1OC. The summed E-state index contributed by atoms with van der Waals surface area (Å²) in [7, 11) is 3.15. The Morgan fingerprint density at radius 2 is 1.69 bits per heavy atom. The van der Waals surface area contributed by atoms with Crippen molar-refractivity contribution < 1.29 is 19.2 Å². The van der Waals surface area contributed by atoms with Crippen molar-refractivity contribution in [1.82, 2.24) is 14.8 Å². The van der Waals surface area contributed by atoms with E-state index in [1.807, 2.05) is 47.0 Å². The number of nitro groups is 1. The van der Waals surface area contributed by atoms with E-state index in [0.717, 1.165) is 11.1 Å². The molecule has 0 N–H and O–H groups in total. The molecule has 3 aromatic carbocycles. The number of benzene rings is 3. The summed E-state index contributed by atoms with van der Waals surface area (Å²) in [4.78, 5) is 23.1. The molecule has 35 heavy (non-hydrogen) atoms. The van der Waals surface area contributed by atoms with Crippen molar-refractivity contribution in [3.8, 4) is 22.9 Å². The van der Waals surface area contributed by atoms with Crippen molar-refractivity contribution in [2.24, 2.45) is 0 Å². The first-order valence-electron chi connectivity index (χ1n) is 10.6. The number of rotatable bonds is 10. The van der Waals surface area contributed by atoms with Gasteiger partial charge < -0.3 is 9.47 Å². The average Bonchev–Trinajstić information content (AvgIpc) is 3.29. The molecule has 0 aliphatic carbocycles. The summed E-state index contributed by atoms with van der Waals surface area (Å²) in [5.41, 5.74) is 2.19. The van der Waals surface area contributed by atoms with Gasteiger partial charge in [-0.25, -0.2) is 0 Å². The molecule has 9 nitrogen and oxygen atoms in total. The minimum Gasteiger partial charge on any atom is -0.493 e. The molecule has 0 aliphatic rings. The van der Waals surface area contributed by atoms with Crippen molar-refractivity contribution in [2.45, 2.75) is 11.7 Å². The van der Waals surface area contributed by atoms with E-state index in [2.05, 4.69) is 10.2 Å². The Bertz CT molecular complexity index is 1340. The average molecular weight is 491 g/mol. The fraction of sp³-hybridized carbons (Fsp3) is 0.160. The first-order chi connectivity index (χ1) is 17.0. The lowest BCUT2D eigenvalue weighted by Crippen LogP contribution is -2.07. The molecule has 10 heteroatoms. The molecule has 178 valence electrons. The van der Waals surface area contributed by atoms with Crippen molar-refractivity contribution >= 4 is 23.2 Å². The molecule has 4 rings (SSSR count). The molecule has 0 radical (unpaired) electrons. The number of hydrogen-bond donors (Lipinski definition) is 0. The third-order valence-corrected chi connectivity index (χ3v) is 6.24. The van der Waals surface area contributed by atoms with Crippen LogP contribution in [0.4, 0.5) is 5.69 Å². The predicted molar refractivity (Wildman–Crippen MR) is 132 cm³/mol. The summed E-state index contributed by atoms with van der Waals surface area (Å²) in [5.74, 6) is 1.75. The number of non-ortho nitro benzene ring substituents is 1. The van der Waals surface area contributed by atoms with Crippen LogP contribution in [-0.4, -0.2) is 45.4 Å². The maximum atomic E-state index is 12.7. The van der Waals surface area contributed by atoms with Gasteiger partial charge in [0.05, 0.1) is 31.4 Å². The Labute approximate surface area is 205 Å². The van der Waals surface area contributed by atoms with Crippen LogP contribution in [0, 0.1) is 10.1 Å². The van der Waals surface area contributed by atoms with E-state index >= 15 is 0 Å². The first kappa shape index (κ1) is 24.0. The highest BCUT2D eigenvalue weighted by Crippen LogP contribution is 2.33. The second-order valence-corrected chi connectivity index (χ2v) is 8.41. The fourth-order valence-electron chi connectivity index (χ4n) is 3.48. The normalized spacial score (nSPS) is 10.7. The van der Waals surface area contributed by atoms with Crippen molar-refractivity contribution in [1.29, 1.82) is 0 Å². The van der Waals surface area contributed by atoms with Gasteiger partial charge in [0.1, 0.15) is 0 Å². The Morgan fingerprint density at radius 3 is 2.34 bits per heavy atom. The van der Waals surface area contributed by atoms with E-state index in [1.54, 1.807) is 20.3 Å². The zero-order valence-corrected chi connectivity index (χ0v) is 19.9. The van der Waals surface area contributed by atoms with Gasteiger partial charge in [0.2, 0.25) is 0 Å². The van der Waals surface area contributed by atoms with Crippen LogP contribution in [0.5, 0.6) is 11.5 Å². The first-order valence-corrected chi connectivity index (χ1v) is 11.6. The number of ketones is 1. The molecular formula is C25H22N4O5S. The Morgan fingerprint density at radius 1 is 0.971 bits per heavy atom. The number of ether oxygens (including phenoxy) is 2. The monoisotopic (exact) mass is 490 g/mol. The lowest BCUT2D eigenvalue weighted by atomic mass is 10.1. The lowest BCUT2D eigenvalue weighted by Gasteiger charge is -2.12. The van der Waals surface area contributed by atoms with Crippen LogP contribution in [0.1, 0.15) is 15.9 Å². The number of nitrogens with zero attached hydrogens (tertiary/aromatic N) is 4. The van der Waals surface area contributed by atoms with E-state index in [1.165, 1.54) is 36.0 Å². The molecule has 0 unspecified atom stereocenters. The van der Waals surface area contributed by atoms with Gasteiger partial charge >= 0.3 is 0 Å². The number of Topliss-reactive ketones (excluding diaryl/α,β-unsaturated/α-hetero) is 1. The lowest BCUT2D eigenvalue weighted by molar-refractivity contribution is -0.384. The Hall–Kier alpha value is -4.18. The standard InChI is InChI=1S/C25H22N4O5S/c1-33-22-13-10-19(14-23(22)34-2)24-26-27-25(28(24)15-17-6-4-3-5-7-17)35-16-21(30)18-8-11-20(12-9-18)29(31)32/h3-14H,15-16H2,1-2H3. The van der Waals surface area contributed by atoms with Crippen molar-refractivity contribution in [2.75, 3.05) is 20.0 Å². The van der Waals surface area contributed by atoms with Crippen molar-refractivity contribution in [3.05, 3.63) is 94.0 Å². The minimum absolute atomic E-state index is 0.0589. The highest BCUT2D eigenvalue weighted by Gasteiger charge is 2.18. The summed E-state index contributed by atoms with van der Waals surface area (Å²) in [6, 6.07) is 21.0. The zero-order valence-electron chi connectivity index (χ0n) is 19.1. The predicted octanol–water partition coefficient (Wildman–Crippen LogP) is 4.89. The molecule has 1 heterocycles. The van der Waals surface area contributed by atoms with Gasteiger partial charge in [0.25, 0.3) is 5.69 Å². The van der Waals surface area contributed by atoms with Gasteiger partial charge in [-0.3, -0.25) is 19.5 Å². The van der Waals surface area contributed by atoms with Gasteiger partial charge in [0, 0.05) is 23.3 Å². The maximum Gasteiger partial charge on any atom is 0.269 e. The number of thioether (sulfide) groups is 1. The summed E-state index contributed by atoms with van der Waals surface area (Å²) < 4.78 is 12.7. The van der Waals surface area contributed by atoms with Crippen LogP contribution in [-0.2, 0) is 6.54 Å².